The Hall–Kier alpha value is -1.05. The fourth-order valence-corrected chi connectivity index (χ4v) is 0.515. The van der Waals surface area contributed by atoms with Crippen LogP contribution in [-0.2, 0) is 4.79 Å². The van der Waals surface area contributed by atoms with Gasteiger partial charge in [-0.15, -0.1) is 0 Å². The second kappa shape index (κ2) is 4.10. The summed E-state index contributed by atoms with van der Waals surface area (Å²) in [5.41, 5.74) is 0.190. The van der Waals surface area contributed by atoms with E-state index in [1.165, 1.54) is 0 Å². The molecule has 0 heterocycles. The van der Waals surface area contributed by atoms with Crippen molar-refractivity contribution >= 4 is 5.97 Å². The van der Waals surface area contributed by atoms with Crippen molar-refractivity contribution in [3.8, 4) is 0 Å². The Morgan fingerprint density at radius 3 is 2.42 bits per heavy atom. The zero-order chi connectivity index (χ0) is 9.78. The first-order chi connectivity index (χ1) is 5.39. The second-order valence-corrected chi connectivity index (χ2v) is 3.51. The molecule has 0 aliphatic carbocycles. The fraction of sp³-hybridized carbons (Fsp3) is 0.500. The van der Waals surface area contributed by atoms with Crippen LogP contribution in [0.1, 0.15) is 27.2 Å². The van der Waals surface area contributed by atoms with Gasteiger partial charge in [0.25, 0.3) is 0 Å². The van der Waals surface area contributed by atoms with E-state index in [1.54, 1.807) is 6.08 Å². The number of aliphatic carboxylic acids is 1. The van der Waals surface area contributed by atoms with Crippen LogP contribution in [0.2, 0.25) is 0 Å². The van der Waals surface area contributed by atoms with Gasteiger partial charge in [0.2, 0.25) is 0 Å². The fourth-order valence-electron chi connectivity index (χ4n) is 0.515. The van der Waals surface area contributed by atoms with Gasteiger partial charge in [0.1, 0.15) is 0 Å². The van der Waals surface area contributed by atoms with Gasteiger partial charge in [-0.25, -0.2) is 4.79 Å². The largest absolute Gasteiger partial charge is 0.478 e. The summed E-state index contributed by atoms with van der Waals surface area (Å²) in [6.45, 7) is 9.58. The van der Waals surface area contributed by atoms with Gasteiger partial charge in [-0.05, 0) is 11.8 Å². The molecule has 68 valence electrons. The maximum absolute atomic E-state index is 10.4. The van der Waals surface area contributed by atoms with Crippen molar-refractivity contribution in [1.29, 1.82) is 0 Å². The molecule has 0 saturated carbocycles. The molecular weight excluding hydrogens is 152 g/mol. The van der Waals surface area contributed by atoms with Crippen molar-refractivity contribution in [3.63, 3.8) is 0 Å². The first kappa shape index (κ1) is 11.0. The van der Waals surface area contributed by atoms with Crippen molar-refractivity contribution < 1.29 is 9.90 Å². The van der Waals surface area contributed by atoms with E-state index < -0.39 is 5.97 Å². The van der Waals surface area contributed by atoms with Crippen molar-refractivity contribution in [2.24, 2.45) is 5.41 Å². The Labute approximate surface area is 73.6 Å². The zero-order valence-corrected chi connectivity index (χ0v) is 7.92. The molecule has 0 aliphatic rings. The molecule has 0 aromatic rings. The molecule has 0 spiro atoms. The van der Waals surface area contributed by atoms with Gasteiger partial charge in [0, 0.05) is 0 Å². The summed E-state index contributed by atoms with van der Waals surface area (Å²) in [5, 5.41) is 8.50. The number of hydrogen-bond acceptors (Lipinski definition) is 1. The Kier molecular flexibility index (Phi) is 3.74. The SMILES string of the molecule is C=C(C=CC(C)(C)CC)C(=O)O. The van der Waals surface area contributed by atoms with Gasteiger partial charge in [-0.2, -0.15) is 0 Å². The lowest BCUT2D eigenvalue weighted by Gasteiger charge is -2.16. The maximum Gasteiger partial charge on any atom is 0.335 e. The summed E-state index contributed by atoms with van der Waals surface area (Å²) in [6, 6.07) is 0. The third-order valence-corrected chi connectivity index (χ3v) is 1.92. The summed E-state index contributed by atoms with van der Waals surface area (Å²) < 4.78 is 0. The van der Waals surface area contributed by atoms with E-state index in [0.29, 0.717) is 0 Å². The molecular formula is C10H16O2. The minimum absolute atomic E-state index is 0.0540. The Balaban J connectivity index is 4.25. The van der Waals surface area contributed by atoms with Gasteiger partial charge in [-0.1, -0.05) is 39.5 Å². The summed E-state index contributed by atoms with van der Waals surface area (Å²) in [7, 11) is 0. The molecule has 0 aliphatic heterocycles. The number of allylic oxidation sites excluding steroid dienone is 1. The van der Waals surface area contributed by atoms with Crippen LogP contribution in [-0.4, -0.2) is 11.1 Å². The lowest BCUT2D eigenvalue weighted by atomic mass is 9.89. The third kappa shape index (κ3) is 3.96. The first-order valence-electron chi connectivity index (χ1n) is 4.00. The standard InChI is InChI=1S/C10H16O2/c1-5-10(3,4)7-6-8(2)9(11)12/h6-7H,2,5H2,1,3-4H3,(H,11,12). The molecule has 0 atom stereocenters. The number of rotatable bonds is 4. The average molecular weight is 168 g/mol. The number of carboxylic acids is 1. The number of hydrogen-bond donors (Lipinski definition) is 1. The quantitative estimate of drug-likeness (QED) is 0.517. The predicted octanol–water partition coefficient (Wildman–Crippen LogP) is 2.62. The number of carboxylic acid groups (broad SMARTS) is 1. The highest BCUT2D eigenvalue weighted by Gasteiger charge is 2.10. The lowest BCUT2D eigenvalue weighted by molar-refractivity contribution is -0.132. The van der Waals surface area contributed by atoms with E-state index in [9.17, 15) is 4.79 Å². The van der Waals surface area contributed by atoms with Crippen LogP contribution in [0.25, 0.3) is 0 Å². The van der Waals surface area contributed by atoms with E-state index >= 15 is 0 Å². The van der Waals surface area contributed by atoms with Gasteiger partial charge in [-0.3, -0.25) is 0 Å². The molecule has 0 unspecified atom stereocenters. The Morgan fingerprint density at radius 2 is 2.08 bits per heavy atom. The van der Waals surface area contributed by atoms with E-state index in [0.717, 1.165) is 6.42 Å². The molecule has 2 heteroatoms. The molecule has 0 radical (unpaired) electrons. The van der Waals surface area contributed by atoms with Crippen molar-refractivity contribution in [1.82, 2.24) is 0 Å². The maximum atomic E-state index is 10.4. The average Bonchev–Trinajstić information content (AvgIpc) is 2.00. The minimum atomic E-state index is -0.960. The summed E-state index contributed by atoms with van der Waals surface area (Å²) >= 11 is 0. The highest BCUT2D eigenvalue weighted by molar-refractivity contribution is 5.88. The topological polar surface area (TPSA) is 37.3 Å². The molecule has 0 bridgehead atoms. The molecule has 0 amide bonds. The van der Waals surface area contributed by atoms with E-state index in [-0.39, 0.29) is 11.0 Å². The highest BCUT2D eigenvalue weighted by atomic mass is 16.4. The van der Waals surface area contributed by atoms with E-state index in [2.05, 4.69) is 27.4 Å². The van der Waals surface area contributed by atoms with Gasteiger partial charge in [0.05, 0.1) is 5.57 Å². The summed E-state index contributed by atoms with van der Waals surface area (Å²) in [6.07, 6.45) is 4.42. The van der Waals surface area contributed by atoms with Crippen LogP contribution in [0.15, 0.2) is 24.3 Å². The minimum Gasteiger partial charge on any atom is -0.478 e. The first-order valence-corrected chi connectivity index (χ1v) is 4.00. The van der Waals surface area contributed by atoms with Crippen molar-refractivity contribution in [3.05, 3.63) is 24.3 Å². The van der Waals surface area contributed by atoms with Crippen LogP contribution >= 0.6 is 0 Å². The summed E-state index contributed by atoms with van der Waals surface area (Å²) in [5.74, 6) is -0.960. The molecule has 0 aromatic heterocycles. The monoisotopic (exact) mass is 168 g/mol. The van der Waals surface area contributed by atoms with Crippen LogP contribution in [0, 0.1) is 5.41 Å². The van der Waals surface area contributed by atoms with Gasteiger partial charge >= 0.3 is 5.97 Å². The molecule has 0 fully saturated rings. The molecule has 12 heavy (non-hydrogen) atoms. The van der Waals surface area contributed by atoms with Gasteiger partial charge in [0.15, 0.2) is 0 Å². The highest BCUT2D eigenvalue weighted by Crippen LogP contribution is 2.21. The van der Waals surface area contributed by atoms with Crippen LogP contribution in [0.4, 0.5) is 0 Å². The zero-order valence-electron chi connectivity index (χ0n) is 7.92. The predicted molar refractivity (Wildman–Crippen MR) is 50.0 cm³/mol. The molecule has 1 N–H and O–H groups in total. The molecule has 2 nitrogen and oxygen atoms in total. The van der Waals surface area contributed by atoms with Crippen LogP contribution in [0.3, 0.4) is 0 Å². The van der Waals surface area contributed by atoms with Crippen LogP contribution < -0.4 is 0 Å². The normalized spacial score (nSPS) is 11.9. The second-order valence-electron chi connectivity index (χ2n) is 3.51. The lowest BCUT2D eigenvalue weighted by Crippen LogP contribution is -2.05. The Morgan fingerprint density at radius 1 is 1.58 bits per heavy atom. The molecule has 0 rings (SSSR count). The summed E-state index contributed by atoms with van der Waals surface area (Å²) in [4.78, 5) is 10.4. The number of carbonyl (C=O) groups is 1. The van der Waals surface area contributed by atoms with Crippen molar-refractivity contribution in [2.75, 3.05) is 0 Å². The third-order valence-electron chi connectivity index (χ3n) is 1.92. The van der Waals surface area contributed by atoms with Crippen LogP contribution in [0.5, 0.6) is 0 Å². The van der Waals surface area contributed by atoms with Crippen molar-refractivity contribution in [2.45, 2.75) is 27.2 Å². The smallest absolute Gasteiger partial charge is 0.335 e. The van der Waals surface area contributed by atoms with Gasteiger partial charge < -0.3 is 5.11 Å². The Bertz CT molecular complexity index is 212. The molecule has 0 aromatic carbocycles. The van der Waals surface area contributed by atoms with E-state index in [4.69, 9.17) is 5.11 Å². The molecule has 0 saturated heterocycles. The van der Waals surface area contributed by atoms with E-state index in [1.807, 2.05) is 6.08 Å².